The Balaban J connectivity index is 2.47. The van der Waals surface area contributed by atoms with Gasteiger partial charge in [-0.3, -0.25) is 4.90 Å². The van der Waals surface area contributed by atoms with E-state index < -0.39 is 5.72 Å². The number of aliphatic hydroxyl groups is 1. The maximum Gasteiger partial charge on any atom is 0.327 e. The molecule has 0 aliphatic carbocycles. The molecule has 4 nitrogen and oxygen atoms in total. The summed E-state index contributed by atoms with van der Waals surface area (Å²) in [5, 5.41) is 10.7. The largest absolute Gasteiger partial charge is 0.371 e. The molecule has 0 bridgehead atoms. The van der Waals surface area contributed by atoms with Gasteiger partial charge in [0.05, 0.1) is 0 Å². The van der Waals surface area contributed by atoms with Crippen molar-refractivity contribution >= 4 is 11.7 Å². The van der Waals surface area contributed by atoms with Crippen LogP contribution in [0.5, 0.6) is 0 Å². The molecule has 1 aromatic rings. The van der Waals surface area contributed by atoms with E-state index in [1.807, 2.05) is 45.0 Å². The zero-order valence-electron chi connectivity index (χ0n) is 12.3. The van der Waals surface area contributed by atoms with Crippen molar-refractivity contribution in [1.82, 2.24) is 4.90 Å². The number of hydrogen-bond acceptors (Lipinski definition) is 2. The van der Waals surface area contributed by atoms with Crippen LogP contribution in [0, 0.1) is 6.92 Å². The van der Waals surface area contributed by atoms with Crippen molar-refractivity contribution in [3.63, 3.8) is 0 Å². The summed E-state index contributed by atoms with van der Waals surface area (Å²) in [5.74, 6) is 0. The predicted molar refractivity (Wildman–Crippen MR) is 76.1 cm³/mol. The van der Waals surface area contributed by atoms with Crippen LogP contribution in [0.15, 0.2) is 24.3 Å². The molecule has 1 saturated heterocycles. The normalized spacial score (nSPS) is 26.7. The van der Waals surface area contributed by atoms with Crippen LogP contribution in [0.2, 0.25) is 0 Å². The van der Waals surface area contributed by atoms with Gasteiger partial charge in [0.1, 0.15) is 5.72 Å². The lowest BCUT2D eigenvalue weighted by Gasteiger charge is -2.52. The fourth-order valence-corrected chi connectivity index (χ4v) is 2.79. The van der Waals surface area contributed by atoms with Crippen LogP contribution in [0.1, 0.15) is 32.8 Å². The number of rotatable bonds is 1. The Morgan fingerprint density at radius 3 is 2.47 bits per heavy atom. The van der Waals surface area contributed by atoms with Crippen molar-refractivity contribution in [3.05, 3.63) is 29.8 Å². The molecule has 1 N–H and O–H groups in total. The third-order valence-electron chi connectivity index (χ3n) is 3.90. The minimum atomic E-state index is -1.18. The maximum absolute atomic E-state index is 12.6. The molecule has 104 valence electrons. The van der Waals surface area contributed by atoms with Crippen LogP contribution in [-0.2, 0) is 0 Å². The lowest BCUT2D eigenvalue weighted by Crippen LogP contribution is -2.67. The van der Waals surface area contributed by atoms with Gasteiger partial charge in [-0.2, -0.15) is 0 Å². The van der Waals surface area contributed by atoms with Crippen LogP contribution < -0.4 is 4.90 Å². The summed E-state index contributed by atoms with van der Waals surface area (Å²) < 4.78 is 0. The first kappa shape index (κ1) is 13.9. The topological polar surface area (TPSA) is 43.8 Å². The molecule has 1 aliphatic heterocycles. The summed E-state index contributed by atoms with van der Waals surface area (Å²) >= 11 is 0. The van der Waals surface area contributed by atoms with Gasteiger partial charge in [0.2, 0.25) is 0 Å². The lowest BCUT2D eigenvalue weighted by molar-refractivity contribution is -0.0182. The number of urea groups is 1. The van der Waals surface area contributed by atoms with Gasteiger partial charge in [-0.1, -0.05) is 12.1 Å². The van der Waals surface area contributed by atoms with E-state index in [0.717, 1.165) is 11.3 Å². The number of nitrogens with zero attached hydrogens (tertiary/aromatic N) is 2. The highest BCUT2D eigenvalue weighted by molar-refractivity contribution is 5.94. The van der Waals surface area contributed by atoms with Crippen molar-refractivity contribution in [3.8, 4) is 0 Å². The Bertz CT molecular complexity index is 509. The molecule has 1 aliphatic rings. The number of amides is 2. The summed E-state index contributed by atoms with van der Waals surface area (Å²) in [6.07, 6.45) is 0.496. The first-order valence-electron chi connectivity index (χ1n) is 6.52. The van der Waals surface area contributed by atoms with Crippen molar-refractivity contribution in [2.24, 2.45) is 0 Å². The van der Waals surface area contributed by atoms with Gasteiger partial charge in [-0.05, 0) is 45.4 Å². The highest BCUT2D eigenvalue weighted by atomic mass is 16.3. The second kappa shape index (κ2) is 4.23. The van der Waals surface area contributed by atoms with E-state index in [1.54, 1.807) is 18.9 Å². The van der Waals surface area contributed by atoms with E-state index in [-0.39, 0.29) is 11.6 Å². The molecule has 1 atom stereocenters. The third kappa shape index (κ3) is 2.32. The molecule has 1 heterocycles. The van der Waals surface area contributed by atoms with E-state index >= 15 is 0 Å². The molecule has 1 unspecified atom stereocenters. The molecule has 0 saturated carbocycles. The zero-order chi connectivity index (χ0) is 14.4. The number of benzene rings is 1. The van der Waals surface area contributed by atoms with Gasteiger partial charge in [-0.25, -0.2) is 4.79 Å². The molecule has 0 aromatic heterocycles. The summed E-state index contributed by atoms with van der Waals surface area (Å²) in [7, 11) is 1.78. The standard InChI is InChI=1S/C15H22N2O2/c1-11-7-6-8-12(9-11)17-13(18)16(5)14(2,3)10-15(17,4)19/h6-9,19H,10H2,1-5H3. The Morgan fingerprint density at radius 2 is 1.89 bits per heavy atom. The molecule has 1 fully saturated rings. The van der Waals surface area contributed by atoms with Crippen LogP contribution >= 0.6 is 0 Å². The van der Waals surface area contributed by atoms with Crippen molar-refractivity contribution < 1.29 is 9.90 Å². The third-order valence-corrected chi connectivity index (χ3v) is 3.90. The van der Waals surface area contributed by atoms with Crippen molar-refractivity contribution in [2.75, 3.05) is 11.9 Å². The average molecular weight is 262 g/mol. The van der Waals surface area contributed by atoms with Gasteiger partial charge in [0.15, 0.2) is 0 Å². The van der Waals surface area contributed by atoms with Gasteiger partial charge >= 0.3 is 6.03 Å². The second-order valence-electron chi connectivity index (χ2n) is 6.22. The molecule has 2 rings (SSSR count). The van der Waals surface area contributed by atoms with E-state index in [2.05, 4.69) is 0 Å². The highest BCUT2D eigenvalue weighted by Crippen LogP contribution is 2.37. The zero-order valence-corrected chi connectivity index (χ0v) is 12.3. The molecule has 4 heteroatoms. The average Bonchev–Trinajstić information content (AvgIpc) is 2.24. The smallest absolute Gasteiger partial charge is 0.327 e. The number of carbonyl (C=O) groups excluding carboxylic acids is 1. The number of hydrogen-bond donors (Lipinski definition) is 1. The Kier molecular flexibility index (Phi) is 3.09. The first-order chi connectivity index (χ1) is 8.65. The monoisotopic (exact) mass is 262 g/mol. The Morgan fingerprint density at radius 1 is 1.26 bits per heavy atom. The number of carbonyl (C=O) groups is 1. The fourth-order valence-electron chi connectivity index (χ4n) is 2.79. The first-order valence-corrected chi connectivity index (χ1v) is 6.52. The summed E-state index contributed by atoms with van der Waals surface area (Å²) in [6.45, 7) is 7.60. The Hall–Kier alpha value is -1.55. The van der Waals surface area contributed by atoms with Crippen LogP contribution in [0.4, 0.5) is 10.5 Å². The minimum absolute atomic E-state index is 0.174. The number of aryl methyl sites for hydroxylation is 1. The summed E-state index contributed by atoms with van der Waals surface area (Å²) in [4.78, 5) is 15.7. The van der Waals surface area contributed by atoms with Crippen LogP contribution in [-0.4, -0.2) is 34.3 Å². The molecule has 1 aromatic carbocycles. The Labute approximate surface area is 114 Å². The molecule has 2 amide bonds. The maximum atomic E-state index is 12.6. The fraction of sp³-hybridized carbons (Fsp3) is 0.533. The van der Waals surface area contributed by atoms with E-state index in [4.69, 9.17) is 0 Å². The molecule has 0 radical (unpaired) electrons. The quantitative estimate of drug-likeness (QED) is 0.845. The van der Waals surface area contributed by atoms with Crippen molar-refractivity contribution in [2.45, 2.75) is 45.4 Å². The summed E-state index contributed by atoms with van der Waals surface area (Å²) in [5.41, 5.74) is 0.257. The molecule has 0 spiro atoms. The van der Waals surface area contributed by atoms with Crippen molar-refractivity contribution in [1.29, 1.82) is 0 Å². The highest BCUT2D eigenvalue weighted by Gasteiger charge is 2.48. The second-order valence-corrected chi connectivity index (χ2v) is 6.22. The van der Waals surface area contributed by atoms with E-state index in [0.29, 0.717) is 6.42 Å². The van der Waals surface area contributed by atoms with Crippen LogP contribution in [0.3, 0.4) is 0 Å². The van der Waals surface area contributed by atoms with E-state index in [1.165, 1.54) is 4.90 Å². The number of anilines is 1. The lowest BCUT2D eigenvalue weighted by atomic mass is 9.88. The SMILES string of the molecule is Cc1cccc(N2C(=O)N(C)C(C)(C)CC2(C)O)c1. The molecular weight excluding hydrogens is 240 g/mol. The van der Waals surface area contributed by atoms with Gasteiger partial charge in [0.25, 0.3) is 0 Å². The summed E-state index contributed by atoms with van der Waals surface area (Å²) in [6, 6.07) is 7.46. The van der Waals surface area contributed by atoms with Gasteiger partial charge < -0.3 is 10.0 Å². The van der Waals surface area contributed by atoms with Gasteiger partial charge in [0, 0.05) is 24.7 Å². The molecule has 19 heavy (non-hydrogen) atoms. The van der Waals surface area contributed by atoms with Gasteiger partial charge in [-0.15, -0.1) is 0 Å². The minimum Gasteiger partial charge on any atom is -0.371 e. The predicted octanol–water partition coefficient (Wildman–Crippen LogP) is 2.74. The van der Waals surface area contributed by atoms with E-state index in [9.17, 15) is 9.90 Å². The van der Waals surface area contributed by atoms with Crippen LogP contribution in [0.25, 0.3) is 0 Å². The molecular formula is C15H22N2O2.